The molecule has 126 valence electrons. The SMILES string of the molecule is CCCCCCC(OC(=O)C1CC=CCC1C(=O)O)C(C)C. The zero-order chi connectivity index (χ0) is 16.5. The maximum Gasteiger partial charge on any atom is 0.310 e. The number of carbonyl (C=O) groups excluding carboxylic acids is 1. The van der Waals surface area contributed by atoms with E-state index in [1.165, 1.54) is 12.8 Å². The number of rotatable bonds is 9. The van der Waals surface area contributed by atoms with Gasteiger partial charge in [0.1, 0.15) is 6.10 Å². The van der Waals surface area contributed by atoms with Crippen LogP contribution in [0.15, 0.2) is 12.2 Å². The van der Waals surface area contributed by atoms with Gasteiger partial charge in [-0.3, -0.25) is 9.59 Å². The summed E-state index contributed by atoms with van der Waals surface area (Å²) in [6.45, 7) is 6.27. The predicted octanol–water partition coefficient (Wildman–Crippen LogP) is 4.19. The van der Waals surface area contributed by atoms with E-state index in [9.17, 15) is 14.7 Å². The van der Waals surface area contributed by atoms with Crippen molar-refractivity contribution >= 4 is 11.9 Å². The van der Waals surface area contributed by atoms with Crippen LogP contribution in [0.1, 0.15) is 65.7 Å². The molecule has 0 saturated carbocycles. The molecule has 4 heteroatoms. The number of allylic oxidation sites excluding steroid dienone is 2. The van der Waals surface area contributed by atoms with Gasteiger partial charge in [0.25, 0.3) is 0 Å². The first-order valence-corrected chi connectivity index (χ1v) is 8.55. The molecule has 0 heterocycles. The molecule has 0 aromatic heterocycles. The van der Waals surface area contributed by atoms with Gasteiger partial charge in [-0.2, -0.15) is 0 Å². The van der Waals surface area contributed by atoms with Crippen LogP contribution in [0.3, 0.4) is 0 Å². The molecule has 22 heavy (non-hydrogen) atoms. The van der Waals surface area contributed by atoms with Crippen LogP contribution >= 0.6 is 0 Å². The minimum atomic E-state index is -0.907. The van der Waals surface area contributed by atoms with Gasteiger partial charge in [0.15, 0.2) is 0 Å². The fourth-order valence-electron chi connectivity index (χ4n) is 2.88. The molecule has 1 aliphatic rings. The van der Waals surface area contributed by atoms with Gasteiger partial charge < -0.3 is 9.84 Å². The van der Waals surface area contributed by atoms with Gasteiger partial charge >= 0.3 is 11.9 Å². The highest BCUT2D eigenvalue weighted by Gasteiger charge is 2.36. The highest BCUT2D eigenvalue weighted by molar-refractivity contribution is 5.81. The van der Waals surface area contributed by atoms with Crippen LogP contribution in [-0.2, 0) is 14.3 Å². The molecule has 1 N–H and O–H groups in total. The zero-order valence-electron chi connectivity index (χ0n) is 14.1. The Morgan fingerprint density at radius 3 is 2.32 bits per heavy atom. The van der Waals surface area contributed by atoms with E-state index in [-0.39, 0.29) is 18.0 Å². The van der Waals surface area contributed by atoms with E-state index in [1.54, 1.807) is 0 Å². The molecule has 0 amide bonds. The molecule has 4 nitrogen and oxygen atoms in total. The predicted molar refractivity (Wildman–Crippen MR) is 86.5 cm³/mol. The minimum Gasteiger partial charge on any atom is -0.481 e. The van der Waals surface area contributed by atoms with Crippen LogP contribution in [-0.4, -0.2) is 23.1 Å². The van der Waals surface area contributed by atoms with Gasteiger partial charge in [-0.25, -0.2) is 0 Å². The third-order valence-corrected chi connectivity index (χ3v) is 4.41. The molecular formula is C18H30O4. The summed E-state index contributed by atoms with van der Waals surface area (Å²) in [6.07, 6.45) is 9.96. The summed E-state index contributed by atoms with van der Waals surface area (Å²) in [5, 5.41) is 9.26. The van der Waals surface area contributed by atoms with Gasteiger partial charge in [-0.15, -0.1) is 0 Å². The Hall–Kier alpha value is -1.32. The summed E-state index contributed by atoms with van der Waals surface area (Å²) >= 11 is 0. The first kappa shape index (κ1) is 18.7. The molecule has 0 saturated heterocycles. The number of unbranched alkanes of at least 4 members (excludes halogenated alkanes) is 3. The Balaban J connectivity index is 2.58. The average molecular weight is 310 g/mol. The fourth-order valence-corrected chi connectivity index (χ4v) is 2.88. The van der Waals surface area contributed by atoms with E-state index >= 15 is 0 Å². The van der Waals surface area contributed by atoms with Crippen LogP contribution in [0.25, 0.3) is 0 Å². The topological polar surface area (TPSA) is 63.6 Å². The van der Waals surface area contributed by atoms with E-state index in [0.29, 0.717) is 12.8 Å². The number of hydrogen-bond acceptors (Lipinski definition) is 3. The van der Waals surface area contributed by atoms with Crippen molar-refractivity contribution in [3.05, 3.63) is 12.2 Å². The third-order valence-electron chi connectivity index (χ3n) is 4.41. The van der Waals surface area contributed by atoms with Crippen molar-refractivity contribution in [2.75, 3.05) is 0 Å². The smallest absolute Gasteiger partial charge is 0.310 e. The fraction of sp³-hybridized carbons (Fsp3) is 0.778. The van der Waals surface area contributed by atoms with E-state index in [0.717, 1.165) is 19.3 Å². The van der Waals surface area contributed by atoms with E-state index in [1.807, 2.05) is 26.0 Å². The third kappa shape index (κ3) is 5.82. The first-order chi connectivity index (χ1) is 10.5. The second-order valence-corrected chi connectivity index (χ2v) is 6.56. The number of carbonyl (C=O) groups is 2. The summed E-state index contributed by atoms with van der Waals surface area (Å²) < 4.78 is 5.68. The van der Waals surface area contributed by atoms with Gasteiger partial charge in [-0.1, -0.05) is 52.2 Å². The second kappa shape index (κ2) is 9.65. The van der Waals surface area contributed by atoms with Crippen LogP contribution in [0.4, 0.5) is 0 Å². The first-order valence-electron chi connectivity index (χ1n) is 8.55. The van der Waals surface area contributed by atoms with Gasteiger partial charge in [0.2, 0.25) is 0 Å². The van der Waals surface area contributed by atoms with E-state index < -0.39 is 17.8 Å². The Labute approximate surface area is 133 Å². The Kier molecular flexibility index (Phi) is 8.21. The molecule has 0 radical (unpaired) electrons. The molecule has 0 aliphatic heterocycles. The average Bonchev–Trinajstić information content (AvgIpc) is 2.49. The highest BCUT2D eigenvalue weighted by atomic mass is 16.5. The lowest BCUT2D eigenvalue weighted by Crippen LogP contribution is -2.35. The molecule has 0 bridgehead atoms. The summed E-state index contributed by atoms with van der Waals surface area (Å²) in [6, 6.07) is 0. The van der Waals surface area contributed by atoms with Crippen molar-refractivity contribution in [1.29, 1.82) is 0 Å². The lowest BCUT2D eigenvalue weighted by molar-refractivity contribution is -0.164. The van der Waals surface area contributed by atoms with E-state index in [4.69, 9.17) is 4.74 Å². The Bertz CT molecular complexity index is 387. The molecule has 1 rings (SSSR count). The van der Waals surface area contributed by atoms with Gasteiger partial charge in [-0.05, 0) is 31.6 Å². The normalized spacial score (nSPS) is 22.5. The highest BCUT2D eigenvalue weighted by Crippen LogP contribution is 2.28. The zero-order valence-corrected chi connectivity index (χ0v) is 14.1. The van der Waals surface area contributed by atoms with Gasteiger partial charge in [0, 0.05) is 0 Å². The Morgan fingerprint density at radius 1 is 1.14 bits per heavy atom. The summed E-state index contributed by atoms with van der Waals surface area (Å²) in [7, 11) is 0. The monoisotopic (exact) mass is 310 g/mol. The number of ether oxygens (including phenoxy) is 1. The number of carboxylic acid groups (broad SMARTS) is 1. The molecule has 0 aromatic rings. The van der Waals surface area contributed by atoms with Crippen LogP contribution in [0, 0.1) is 17.8 Å². The van der Waals surface area contributed by atoms with Gasteiger partial charge in [0.05, 0.1) is 11.8 Å². The molecule has 3 atom stereocenters. The standard InChI is InChI=1S/C18H30O4/c1-4-5-6-7-12-16(13(2)3)22-18(21)15-11-9-8-10-14(15)17(19)20/h8-9,13-16H,4-7,10-12H2,1-3H3,(H,19,20). The summed E-state index contributed by atoms with van der Waals surface area (Å²) in [5.74, 6) is -2.18. The van der Waals surface area contributed by atoms with Crippen LogP contribution < -0.4 is 0 Å². The van der Waals surface area contributed by atoms with Crippen molar-refractivity contribution in [1.82, 2.24) is 0 Å². The largest absolute Gasteiger partial charge is 0.481 e. The molecular weight excluding hydrogens is 280 g/mol. The van der Waals surface area contributed by atoms with E-state index in [2.05, 4.69) is 6.92 Å². The molecule has 0 fully saturated rings. The number of esters is 1. The number of hydrogen-bond donors (Lipinski definition) is 1. The number of carboxylic acids is 1. The Morgan fingerprint density at radius 2 is 1.77 bits per heavy atom. The molecule has 0 aromatic carbocycles. The summed E-state index contributed by atoms with van der Waals surface area (Å²) in [5.41, 5.74) is 0. The van der Waals surface area contributed by atoms with Crippen molar-refractivity contribution in [3.63, 3.8) is 0 Å². The molecule has 1 aliphatic carbocycles. The van der Waals surface area contributed by atoms with Crippen molar-refractivity contribution < 1.29 is 19.4 Å². The van der Waals surface area contributed by atoms with Crippen molar-refractivity contribution in [2.24, 2.45) is 17.8 Å². The summed E-state index contributed by atoms with van der Waals surface area (Å²) in [4.78, 5) is 23.7. The number of aliphatic carboxylic acids is 1. The van der Waals surface area contributed by atoms with Crippen LogP contribution in [0.2, 0.25) is 0 Å². The lowest BCUT2D eigenvalue weighted by atomic mass is 9.83. The maximum atomic E-state index is 12.4. The lowest BCUT2D eigenvalue weighted by Gasteiger charge is -2.28. The van der Waals surface area contributed by atoms with Crippen LogP contribution in [0.5, 0.6) is 0 Å². The van der Waals surface area contributed by atoms with Crippen molar-refractivity contribution in [3.8, 4) is 0 Å². The maximum absolute atomic E-state index is 12.4. The quantitative estimate of drug-likeness (QED) is 0.394. The van der Waals surface area contributed by atoms with Crippen molar-refractivity contribution in [2.45, 2.75) is 71.8 Å². The molecule has 0 spiro atoms. The molecule has 3 unspecified atom stereocenters. The minimum absolute atomic E-state index is 0.107. The second-order valence-electron chi connectivity index (χ2n) is 6.56.